The van der Waals surface area contributed by atoms with Crippen molar-refractivity contribution in [1.29, 1.82) is 0 Å². The lowest BCUT2D eigenvalue weighted by atomic mass is 10.0. The van der Waals surface area contributed by atoms with Crippen molar-refractivity contribution in [3.63, 3.8) is 0 Å². The number of benzene rings is 2. The van der Waals surface area contributed by atoms with E-state index in [1.54, 1.807) is 25.3 Å². The predicted octanol–water partition coefficient (Wildman–Crippen LogP) is 4.08. The van der Waals surface area contributed by atoms with Crippen molar-refractivity contribution in [3.05, 3.63) is 64.2 Å². The van der Waals surface area contributed by atoms with Crippen molar-refractivity contribution >= 4 is 17.4 Å². The van der Waals surface area contributed by atoms with Gasteiger partial charge in [-0.05, 0) is 31.2 Å². The lowest BCUT2D eigenvalue weighted by Crippen LogP contribution is -2.05. The fourth-order valence-electron chi connectivity index (χ4n) is 1.98. The number of methoxy groups -OCH3 is 1. The Morgan fingerprint density at radius 3 is 2.68 bits per heavy atom. The van der Waals surface area contributed by atoms with E-state index in [9.17, 15) is 4.79 Å². The van der Waals surface area contributed by atoms with Crippen LogP contribution in [0.2, 0.25) is 5.02 Å². The Balaban J connectivity index is 2.26. The molecule has 0 saturated carbocycles. The number of Topliss-reactive ketones (excluding diaryl/α,β-unsaturated/α-hetero) is 1. The predicted molar refractivity (Wildman–Crippen MR) is 77.2 cm³/mol. The van der Waals surface area contributed by atoms with E-state index in [1.165, 1.54) is 0 Å². The second-order valence-corrected chi connectivity index (χ2v) is 4.86. The van der Waals surface area contributed by atoms with E-state index in [1.807, 2.05) is 31.2 Å². The number of hydrogen-bond donors (Lipinski definition) is 0. The molecule has 2 nitrogen and oxygen atoms in total. The van der Waals surface area contributed by atoms with E-state index >= 15 is 0 Å². The monoisotopic (exact) mass is 274 g/mol. The Bertz CT molecular complexity index is 605. The van der Waals surface area contributed by atoms with E-state index in [-0.39, 0.29) is 12.2 Å². The van der Waals surface area contributed by atoms with Gasteiger partial charge in [0.1, 0.15) is 5.75 Å². The topological polar surface area (TPSA) is 26.3 Å². The molecule has 2 aromatic rings. The van der Waals surface area contributed by atoms with E-state index in [0.717, 1.165) is 11.1 Å². The maximum absolute atomic E-state index is 12.2. The van der Waals surface area contributed by atoms with Gasteiger partial charge in [-0.1, -0.05) is 35.4 Å². The van der Waals surface area contributed by atoms with Crippen molar-refractivity contribution in [2.45, 2.75) is 13.3 Å². The SMILES string of the molecule is COc1ccc(Cl)cc1CC(=O)c1cccc(C)c1. The van der Waals surface area contributed by atoms with Crippen LogP contribution in [0, 0.1) is 6.92 Å². The summed E-state index contributed by atoms with van der Waals surface area (Å²) in [5.41, 5.74) is 2.59. The molecule has 2 rings (SSSR count). The minimum atomic E-state index is 0.0595. The average molecular weight is 275 g/mol. The van der Waals surface area contributed by atoms with E-state index in [2.05, 4.69) is 0 Å². The van der Waals surface area contributed by atoms with Gasteiger partial charge in [0, 0.05) is 22.6 Å². The molecule has 19 heavy (non-hydrogen) atoms. The number of halogens is 1. The van der Waals surface area contributed by atoms with Gasteiger partial charge in [0.05, 0.1) is 7.11 Å². The van der Waals surface area contributed by atoms with Gasteiger partial charge in [-0.3, -0.25) is 4.79 Å². The first-order valence-corrected chi connectivity index (χ1v) is 6.40. The number of ketones is 1. The molecule has 0 heterocycles. The third-order valence-electron chi connectivity index (χ3n) is 2.93. The van der Waals surface area contributed by atoms with Crippen molar-refractivity contribution in [3.8, 4) is 5.75 Å². The molecule has 0 aliphatic carbocycles. The fourth-order valence-corrected chi connectivity index (χ4v) is 2.17. The van der Waals surface area contributed by atoms with Crippen molar-refractivity contribution < 1.29 is 9.53 Å². The first-order chi connectivity index (χ1) is 9.10. The normalized spacial score (nSPS) is 10.3. The van der Waals surface area contributed by atoms with Crippen LogP contribution in [-0.2, 0) is 6.42 Å². The highest BCUT2D eigenvalue weighted by molar-refractivity contribution is 6.30. The highest BCUT2D eigenvalue weighted by Crippen LogP contribution is 2.24. The summed E-state index contributed by atoms with van der Waals surface area (Å²) in [4.78, 5) is 12.2. The van der Waals surface area contributed by atoms with Crippen LogP contribution in [0.3, 0.4) is 0 Å². The zero-order valence-electron chi connectivity index (χ0n) is 10.9. The van der Waals surface area contributed by atoms with Crippen LogP contribution in [0.5, 0.6) is 5.75 Å². The van der Waals surface area contributed by atoms with Crippen LogP contribution in [0.15, 0.2) is 42.5 Å². The molecular weight excluding hydrogens is 260 g/mol. The summed E-state index contributed by atoms with van der Waals surface area (Å²) in [6.45, 7) is 1.97. The van der Waals surface area contributed by atoms with Gasteiger partial charge in [-0.15, -0.1) is 0 Å². The number of carbonyl (C=O) groups excluding carboxylic acids is 1. The van der Waals surface area contributed by atoms with Crippen LogP contribution in [0.4, 0.5) is 0 Å². The maximum atomic E-state index is 12.2. The Labute approximate surface area is 118 Å². The largest absolute Gasteiger partial charge is 0.496 e. The molecule has 2 aromatic carbocycles. The second kappa shape index (κ2) is 5.89. The van der Waals surface area contributed by atoms with Crippen molar-refractivity contribution in [1.82, 2.24) is 0 Å². The molecular formula is C16H15ClO2. The van der Waals surface area contributed by atoms with Crippen molar-refractivity contribution in [2.75, 3.05) is 7.11 Å². The molecule has 3 heteroatoms. The zero-order valence-corrected chi connectivity index (χ0v) is 11.7. The third kappa shape index (κ3) is 3.36. The molecule has 0 spiro atoms. The third-order valence-corrected chi connectivity index (χ3v) is 3.17. The number of rotatable bonds is 4. The lowest BCUT2D eigenvalue weighted by Gasteiger charge is -2.08. The molecule has 0 saturated heterocycles. The van der Waals surface area contributed by atoms with E-state index < -0.39 is 0 Å². The van der Waals surface area contributed by atoms with Gasteiger partial charge in [0.2, 0.25) is 0 Å². The fraction of sp³-hybridized carbons (Fsp3) is 0.188. The van der Waals surface area contributed by atoms with Crippen molar-refractivity contribution in [2.24, 2.45) is 0 Å². The summed E-state index contributed by atoms with van der Waals surface area (Å²) in [6.07, 6.45) is 0.285. The quantitative estimate of drug-likeness (QED) is 0.785. The number of aryl methyl sites for hydroxylation is 1. The molecule has 0 aromatic heterocycles. The molecule has 0 N–H and O–H groups in total. The van der Waals surface area contributed by atoms with Gasteiger partial charge >= 0.3 is 0 Å². The van der Waals surface area contributed by atoms with Gasteiger partial charge < -0.3 is 4.74 Å². The van der Waals surface area contributed by atoms with Crippen LogP contribution in [0.1, 0.15) is 21.5 Å². The van der Waals surface area contributed by atoms with Gasteiger partial charge in [-0.2, -0.15) is 0 Å². The molecule has 0 amide bonds. The summed E-state index contributed by atoms with van der Waals surface area (Å²) >= 11 is 5.96. The second-order valence-electron chi connectivity index (χ2n) is 4.43. The minimum absolute atomic E-state index is 0.0595. The first kappa shape index (κ1) is 13.6. The van der Waals surface area contributed by atoms with E-state index in [0.29, 0.717) is 16.3 Å². The van der Waals surface area contributed by atoms with E-state index in [4.69, 9.17) is 16.3 Å². The molecule has 98 valence electrons. The molecule has 0 atom stereocenters. The summed E-state index contributed by atoms with van der Waals surface area (Å²) < 4.78 is 5.25. The van der Waals surface area contributed by atoms with Gasteiger partial charge in [0.15, 0.2) is 5.78 Å². The molecule has 0 radical (unpaired) electrons. The van der Waals surface area contributed by atoms with Crippen LogP contribution >= 0.6 is 11.6 Å². The maximum Gasteiger partial charge on any atom is 0.167 e. The summed E-state index contributed by atoms with van der Waals surface area (Å²) in [5, 5.41) is 0.604. The van der Waals surface area contributed by atoms with Gasteiger partial charge in [-0.25, -0.2) is 0 Å². The van der Waals surface area contributed by atoms with Gasteiger partial charge in [0.25, 0.3) is 0 Å². The summed E-state index contributed by atoms with van der Waals surface area (Å²) in [7, 11) is 1.59. The zero-order chi connectivity index (χ0) is 13.8. The van der Waals surface area contributed by atoms with Crippen LogP contribution in [-0.4, -0.2) is 12.9 Å². The molecule has 0 bridgehead atoms. The molecule has 0 unspecified atom stereocenters. The smallest absolute Gasteiger partial charge is 0.167 e. The van der Waals surface area contributed by atoms with Crippen LogP contribution < -0.4 is 4.74 Å². The first-order valence-electron chi connectivity index (χ1n) is 6.02. The molecule has 0 aliphatic heterocycles. The lowest BCUT2D eigenvalue weighted by molar-refractivity contribution is 0.0992. The summed E-state index contributed by atoms with van der Waals surface area (Å²) in [6, 6.07) is 12.9. The Morgan fingerprint density at radius 2 is 2.00 bits per heavy atom. The minimum Gasteiger partial charge on any atom is -0.496 e. The molecule has 0 aliphatic rings. The Morgan fingerprint density at radius 1 is 1.21 bits per heavy atom. The standard InChI is InChI=1S/C16H15ClO2/c1-11-4-3-5-12(8-11)15(18)10-13-9-14(17)6-7-16(13)19-2/h3-9H,10H2,1-2H3. The number of carbonyl (C=O) groups is 1. The van der Waals surface area contributed by atoms with Crippen LogP contribution in [0.25, 0.3) is 0 Å². The number of ether oxygens (including phenoxy) is 1. The molecule has 0 fully saturated rings. The Kier molecular flexibility index (Phi) is 4.23. The average Bonchev–Trinajstić information content (AvgIpc) is 2.39. The highest BCUT2D eigenvalue weighted by Gasteiger charge is 2.11. The number of hydrogen-bond acceptors (Lipinski definition) is 2. The summed E-state index contributed by atoms with van der Waals surface area (Å²) in [5.74, 6) is 0.745. The Hall–Kier alpha value is -1.80. The highest BCUT2D eigenvalue weighted by atomic mass is 35.5.